The smallest absolute Gasteiger partial charge is 0.127 e. The Morgan fingerprint density at radius 2 is 1.84 bits per heavy atom. The van der Waals surface area contributed by atoms with Crippen molar-refractivity contribution in [2.24, 2.45) is 0 Å². The van der Waals surface area contributed by atoms with Gasteiger partial charge >= 0.3 is 0 Å². The van der Waals surface area contributed by atoms with Gasteiger partial charge in [0.05, 0.1) is 0 Å². The van der Waals surface area contributed by atoms with E-state index in [4.69, 9.17) is 11.6 Å². The fourth-order valence-electron chi connectivity index (χ4n) is 1.93. The molecule has 0 saturated heterocycles. The molecule has 4 heteroatoms. The van der Waals surface area contributed by atoms with E-state index in [2.05, 4.69) is 15.9 Å². The monoisotopic (exact) mass is 342 g/mol. The van der Waals surface area contributed by atoms with Crippen molar-refractivity contribution in [3.05, 3.63) is 67.9 Å². The Labute approximate surface area is 125 Å². The number of benzene rings is 2. The molecule has 1 unspecified atom stereocenters. The van der Waals surface area contributed by atoms with E-state index in [-0.39, 0.29) is 10.8 Å². The van der Waals surface area contributed by atoms with Crippen LogP contribution in [-0.2, 0) is 0 Å². The first-order valence-electron chi connectivity index (χ1n) is 5.80. The van der Waals surface area contributed by atoms with Crippen molar-refractivity contribution in [1.82, 2.24) is 0 Å². The quantitative estimate of drug-likeness (QED) is 0.819. The lowest BCUT2D eigenvalue weighted by Gasteiger charge is -2.16. The van der Waals surface area contributed by atoms with Crippen molar-refractivity contribution in [3.63, 3.8) is 0 Å². The number of hydrogen-bond donors (Lipinski definition) is 1. The molecule has 2 rings (SSSR count). The van der Waals surface area contributed by atoms with Gasteiger partial charge in [0, 0.05) is 15.1 Å². The van der Waals surface area contributed by atoms with Crippen LogP contribution in [0, 0.1) is 19.7 Å². The van der Waals surface area contributed by atoms with Crippen LogP contribution < -0.4 is 0 Å². The molecule has 0 amide bonds. The van der Waals surface area contributed by atoms with Gasteiger partial charge in [0.15, 0.2) is 0 Å². The van der Waals surface area contributed by atoms with E-state index in [1.165, 1.54) is 6.07 Å². The number of halogens is 3. The van der Waals surface area contributed by atoms with Crippen molar-refractivity contribution < 1.29 is 9.50 Å². The van der Waals surface area contributed by atoms with Crippen LogP contribution in [0.2, 0.25) is 5.02 Å². The summed E-state index contributed by atoms with van der Waals surface area (Å²) in [6.07, 6.45) is -0.888. The molecule has 0 aliphatic rings. The highest BCUT2D eigenvalue weighted by molar-refractivity contribution is 9.10. The van der Waals surface area contributed by atoms with Gasteiger partial charge in [-0.25, -0.2) is 4.39 Å². The lowest BCUT2D eigenvalue weighted by atomic mass is 9.98. The SMILES string of the molecule is Cc1ccc(Br)c(C(O)c2cc(C)c(F)cc2Cl)c1. The fraction of sp³-hybridized carbons (Fsp3) is 0.200. The summed E-state index contributed by atoms with van der Waals surface area (Å²) >= 11 is 9.43. The summed E-state index contributed by atoms with van der Waals surface area (Å²) in [6, 6.07) is 8.51. The summed E-state index contributed by atoms with van der Waals surface area (Å²) in [5.74, 6) is -0.371. The van der Waals surface area contributed by atoms with Crippen molar-refractivity contribution in [3.8, 4) is 0 Å². The second-order valence-electron chi connectivity index (χ2n) is 4.55. The van der Waals surface area contributed by atoms with Crippen LogP contribution >= 0.6 is 27.5 Å². The summed E-state index contributed by atoms with van der Waals surface area (Å²) < 4.78 is 14.2. The Bertz CT molecular complexity index is 628. The van der Waals surface area contributed by atoms with E-state index in [1.54, 1.807) is 13.0 Å². The average Bonchev–Trinajstić information content (AvgIpc) is 2.36. The maximum absolute atomic E-state index is 13.4. The second-order valence-corrected chi connectivity index (χ2v) is 5.81. The molecular formula is C15H13BrClFO. The molecule has 0 bridgehead atoms. The molecule has 0 fully saturated rings. The molecule has 100 valence electrons. The largest absolute Gasteiger partial charge is 0.384 e. The first kappa shape index (κ1) is 14.5. The van der Waals surface area contributed by atoms with E-state index in [1.807, 2.05) is 25.1 Å². The van der Waals surface area contributed by atoms with Gasteiger partial charge < -0.3 is 5.11 Å². The fourth-order valence-corrected chi connectivity index (χ4v) is 2.65. The lowest BCUT2D eigenvalue weighted by Crippen LogP contribution is -2.03. The molecule has 0 aromatic heterocycles. The first-order chi connectivity index (χ1) is 8.90. The van der Waals surface area contributed by atoms with Gasteiger partial charge in [-0.3, -0.25) is 0 Å². The highest BCUT2D eigenvalue weighted by Crippen LogP contribution is 2.34. The first-order valence-corrected chi connectivity index (χ1v) is 6.97. The number of rotatable bonds is 2. The minimum Gasteiger partial charge on any atom is -0.384 e. The number of aliphatic hydroxyl groups is 1. The highest BCUT2D eigenvalue weighted by Gasteiger charge is 2.18. The zero-order chi connectivity index (χ0) is 14.2. The van der Waals surface area contributed by atoms with Gasteiger partial charge in [0.1, 0.15) is 11.9 Å². The van der Waals surface area contributed by atoms with Crippen LogP contribution in [0.15, 0.2) is 34.8 Å². The molecule has 2 aromatic rings. The molecule has 2 aromatic carbocycles. The summed E-state index contributed by atoms with van der Waals surface area (Å²) in [5.41, 5.74) is 2.72. The molecule has 1 atom stereocenters. The summed E-state index contributed by atoms with van der Waals surface area (Å²) in [7, 11) is 0. The highest BCUT2D eigenvalue weighted by atomic mass is 79.9. The maximum atomic E-state index is 13.4. The van der Waals surface area contributed by atoms with E-state index in [9.17, 15) is 9.50 Å². The second kappa shape index (κ2) is 5.61. The van der Waals surface area contributed by atoms with Crippen molar-refractivity contribution in [2.75, 3.05) is 0 Å². The predicted octanol–water partition coefficient (Wildman–Crippen LogP) is 4.94. The molecule has 19 heavy (non-hydrogen) atoms. The molecule has 0 spiro atoms. The van der Waals surface area contributed by atoms with Crippen LogP contribution in [-0.4, -0.2) is 5.11 Å². The van der Waals surface area contributed by atoms with Gasteiger partial charge in [0.2, 0.25) is 0 Å². The van der Waals surface area contributed by atoms with Crippen LogP contribution in [0.25, 0.3) is 0 Å². The minimum absolute atomic E-state index is 0.226. The number of aryl methyl sites for hydroxylation is 2. The van der Waals surface area contributed by atoms with Gasteiger partial charge in [-0.1, -0.05) is 45.2 Å². The molecule has 0 aliphatic heterocycles. The van der Waals surface area contributed by atoms with Crippen molar-refractivity contribution in [2.45, 2.75) is 20.0 Å². The van der Waals surface area contributed by atoms with Crippen molar-refractivity contribution in [1.29, 1.82) is 0 Å². The third kappa shape index (κ3) is 2.99. The zero-order valence-corrected chi connectivity index (χ0v) is 12.9. The standard InChI is InChI=1S/C15H13BrClFO/c1-8-3-4-12(16)10(5-8)15(19)11-6-9(2)14(18)7-13(11)17/h3-7,15,19H,1-2H3. The van der Waals surface area contributed by atoms with Gasteiger partial charge in [0.25, 0.3) is 0 Å². The Morgan fingerprint density at radius 3 is 2.53 bits per heavy atom. The topological polar surface area (TPSA) is 20.2 Å². The Morgan fingerprint density at radius 1 is 1.16 bits per heavy atom. The molecule has 0 radical (unpaired) electrons. The third-order valence-corrected chi connectivity index (χ3v) is 4.07. The predicted molar refractivity (Wildman–Crippen MR) is 79.1 cm³/mol. The third-order valence-electron chi connectivity index (χ3n) is 3.02. The average molecular weight is 344 g/mol. The Hall–Kier alpha value is -0.900. The van der Waals surface area contributed by atoms with E-state index < -0.39 is 6.10 Å². The zero-order valence-electron chi connectivity index (χ0n) is 10.5. The molecule has 0 saturated carbocycles. The van der Waals surface area contributed by atoms with E-state index in [0.29, 0.717) is 16.7 Å². The van der Waals surface area contributed by atoms with E-state index in [0.717, 1.165) is 10.0 Å². The van der Waals surface area contributed by atoms with Gasteiger partial charge in [-0.2, -0.15) is 0 Å². The van der Waals surface area contributed by atoms with Crippen LogP contribution in [0.4, 0.5) is 4.39 Å². The number of aliphatic hydroxyl groups excluding tert-OH is 1. The molecule has 0 heterocycles. The summed E-state index contributed by atoms with van der Waals surface area (Å²) in [5, 5.41) is 10.7. The van der Waals surface area contributed by atoms with E-state index >= 15 is 0 Å². The molecule has 1 N–H and O–H groups in total. The van der Waals surface area contributed by atoms with Crippen LogP contribution in [0.3, 0.4) is 0 Å². The molecule has 0 aliphatic carbocycles. The Balaban J connectivity index is 2.52. The van der Waals surface area contributed by atoms with Crippen LogP contribution in [0.5, 0.6) is 0 Å². The minimum atomic E-state index is -0.888. The number of hydrogen-bond acceptors (Lipinski definition) is 1. The summed E-state index contributed by atoms with van der Waals surface area (Å²) in [4.78, 5) is 0. The summed E-state index contributed by atoms with van der Waals surface area (Å²) in [6.45, 7) is 3.59. The normalized spacial score (nSPS) is 12.5. The molecular weight excluding hydrogens is 331 g/mol. The van der Waals surface area contributed by atoms with Gasteiger partial charge in [-0.05, 0) is 43.2 Å². The van der Waals surface area contributed by atoms with Crippen LogP contribution in [0.1, 0.15) is 28.4 Å². The lowest BCUT2D eigenvalue weighted by molar-refractivity contribution is 0.219. The van der Waals surface area contributed by atoms with Gasteiger partial charge in [-0.15, -0.1) is 0 Å². The Kier molecular flexibility index (Phi) is 4.29. The maximum Gasteiger partial charge on any atom is 0.127 e. The molecule has 1 nitrogen and oxygen atoms in total. The van der Waals surface area contributed by atoms with Crippen molar-refractivity contribution >= 4 is 27.5 Å².